The molecule has 0 aliphatic heterocycles. The van der Waals surface area contributed by atoms with Crippen LogP contribution in [0.1, 0.15) is 12.0 Å². The SMILES string of the molecule is O=[N+]([O-])CCCc1ccc(F)c(F)c1. The van der Waals surface area contributed by atoms with E-state index in [4.69, 9.17) is 0 Å². The van der Waals surface area contributed by atoms with Crippen molar-refractivity contribution in [1.82, 2.24) is 0 Å². The molecule has 3 nitrogen and oxygen atoms in total. The molecule has 0 heterocycles. The van der Waals surface area contributed by atoms with Gasteiger partial charge in [-0.3, -0.25) is 10.1 Å². The van der Waals surface area contributed by atoms with Crippen LogP contribution in [0.5, 0.6) is 0 Å². The topological polar surface area (TPSA) is 43.1 Å². The molecule has 0 aromatic heterocycles. The Morgan fingerprint density at radius 1 is 1.29 bits per heavy atom. The van der Waals surface area contributed by atoms with E-state index in [2.05, 4.69) is 0 Å². The minimum Gasteiger partial charge on any atom is -0.265 e. The van der Waals surface area contributed by atoms with Crippen molar-refractivity contribution in [3.63, 3.8) is 0 Å². The fraction of sp³-hybridized carbons (Fsp3) is 0.333. The van der Waals surface area contributed by atoms with Crippen LogP contribution >= 0.6 is 0 Å². The molecule has 0 fully saturated rings. The van der Waals surface area contributed by atoms with Gasteiger partial charge in [-0.1, -0.05) is 6.07 Å². The van der Waals surface area contributed by atoms with Gasteiger partial charge >= 0.3 is 0 Å². The number of halogens is 2. The first-order chi connectivity index (χ1) is 6.59. The summed E-state index contributed by atoms with van der Waals surface area (Å²) in [6, 6.07) is 3.52. The first kappa shape index (κ1) is 10.6. The van der Waals surface area contributed by atoms with Crippen LogP contribution in [-0.2, 0) is 6.42 Å². The van der Waals surface area contributed by atoms with Crippen molar-refractivity contribution < 1.29 is 13.7 Å². The maximum absolute atomic E-state index is 12.7. The fourth-order valence-electron chi connectivity index (χ4n) is 1.11. The highest BCUT2D eigenvalue weighted by atomic mass is 19.2. The van der Waals surface area contributed by atoms with Crippen LogP contribution in [0.2, 0.25) is 0 Å². The third kappa shape index (κ3) is 3.08. The lowest BCUT2D eigenvalue weighted by molar-refractivity contribution is -0.480. The molecule has 14 heavy (non-hydrogen) atoms. The predicted molar refractivity (Wildman–Crippen MR) is 46.5 cm³/mol. The normalized spacial score (nSPS) is 10.1. The Morgan fingerprint density at radius 2 is 2.00 bits per heavy atom. The number of nitro groups is 1. The molecule has 0 bridgehead atoms. The van der Waals surface area contributed by atoms with Crippen molar-refractivity contribution in [2.24, 2.45) is 0 Å². The monoisotopic (exact) mass is 201 g/mol. The third-order valence-corrected chi connectivity index (χ3v) is 1.79. The van der Waals surface area contributed by atoms with E-state index in [0.29, 0.717) is 18.4 Å². The first-order valence-electron chi connectivity index (χ1n) is 4.15. The zero-order valence-corrected chi connectivity index (χ0v) is 7.37. The van der Waals surface area contributed by atoms with Crippen molar-refractivity contribution in [2.45, 2.75) is 12.8 Å². The molecule has 0 atom stereocenters. The van der Waals surface area contributed by atoms with E-state index in [-0.39, 0.29) is 6.54 Å². The van der Waals surface area contributed by atoms with Crippen LogP contribution < -0.4 is 0 Å². The van der Waals surface area contributed by atoms with Gasteiger partial charge in [-0.25, -0.2) is 8.78 Å². The van der Waals surface area contributed by atoms with Crippen LogP contribution in [0.3, 0.4) is 0 Å². The minimum absolute atomic E-state index is 0.154. The van der Waals surface area contributed by atoms with Crippen LogP contribution in [0.25, 0.3) is 0 Å². The molecule has 0 saturated heterocycles. The molecule has 1 rings (SSSR count). The lowest BCUT2D eigenvalue weighted by Crippen LogP contribution is -2.02. The first-order valence-corrected chi connectivity index (χ1v) is 4.15. The lowest BCUT2D eigenvalue weighted by atomic mass is 10.1. The summed E-state index contributed by atoms with van der Waals surface area (Å²) in [5.74, 6) is -1.81. The average Bonchev–Trinajstić information content (AvgIpc) is 2.10. The molecule has 0 aliphatic carbocycles. The number of aryl methyl sites for hydroxylation is 1. The van der Waals surface area contributed by atoms with Crippen molar-refractivity contribution in [2.75, 3.05) is 6.54 Å². The van der Waals surface area contributed by atoms with Crippen molar-refractivity contribution in [3.8, 4) is 0 Å². The third-order valence-electron chi connectivity index (χ3n) is 1.79. The van der Waals surface area contributed by atoms with Crippen molar-refractivity contribution in [3.05, 3.63) is 45.5 Å². The number of rotatable bonds is 4. The summed E-state index contributed by atoms with van der Waals surface area (Å²) in [7, 11) is 0. The van der Waals surface area contributed by atoms with Gasteiger partial charge in [0.05, 0.1) is 0 Å². The Kier molecular flexibility index (Phi) is 3.50. The van der Waals surface area contributed by atoms with E-state index < -0.39 is 16.6 Å². The number of nitrogens with zero attached hydrogens (tertiary/aromatic N) is 1. The molecule has 0 saturated carbocycles. The molecule has 0 N–H and O–H groups in total. The molecule has 0 aliphatic rings. The summed E-state index contributed by atoms with van der Waals surface area (Å²) in [5.41, 5.74) is 0.575. The van der Waals surface area contributed by atoms with E-state index in [9.17, 15) is 18.9 Å². The molecular weight excluding hydrogens is 192 g/mol. The van der Waals surface area contributed by atoms with E-state index in [1.54, 1.807) is 0 Å². The quantitative estimate of drug-likeness (QED) is 0.553. The molecular formula is C9H9F2NO2. The Bertz CT molecular complexity index is 342. The van der Waals surface area contributed by atoms with E-state index in [1.807, 2.05) is 0 Å². The van der Waals surface area contributed by atoms with Gasteiger partial charge in [0.15, 0.2) is 11.6 Å². The summed E-state index contributed by atoms with van der Waals surface area (Å²) in [6.07, 6.45) is 0.719. The van der Waals surface area contributed by atoms with Gasteiger partial charge < -0.3 is 0 Å². The molecule has 0 spiro atoms. The van der Waals surface area contributed by atoms with Crippen LogP contribution in [0, 0.1) is 21.7 Å². The van der Waals surface area contributed by atoms with E-state index >= 15 is 0 Å². The second kappa shape index (κ2) is 4.64. The summed E-state index contributed by atoms with van der Waals surface area (Å²) >= 11 is 0. The van der Waals surface area contributed by atoms with E-state index in [0.717, 1.165) is 12.1 Å². The summed E-state index contributed by atoms with van der Waals surface area (Å²) in [6.45, 7) is -0.154. The second-order valence-corrected chi connectivity index (χ2v) is 2.91. The van der Waals surface area contributed by atoms with Gasteiger partial charge in [-0.2, -0.15) is 0 Å². The second-order valence-electron chi connectivity index (χ2n) is 2.91. The van der Waals surface area contributed by atoms with Gasteiger partial charge in [0, 0.05) is 11.3 Å². The highest BCUT2D eigenvalue weighted by Crippen LogP contribution is 2.10. The Morgan fingerprint density at radius 3 is 2.57 bits per heavy atom. The molecule has 76 valence electrons. The maximum Gasteiger partial charge on any atom is 0.204 e. The maximum atomic E-state index is 12.7. The highest BCUT2D eigenvalue weighted by Gasteiger charge is 2.03. The summed E-state index contributed by atoms with van der Waals surface area (Å²) in [5, 5.41) is 9.98. The van der Waals surface area contributed by atoms with Crippen LogP contribution in [-0.4, -0.2) is 11.5 Å². The molecule has 0 amide bonds. The van der Waals surface area contributed by atoms with Crippen molar-refractivity contribution >= 4 is 0 Å². The zero-order valence-electron chi connectivity index (χ0n) is 7.37. The lowest BCUT2D eigenvalue weighted by Gasteiger charge is -1.99. The number of benzene rings is 1. The number of hydrogen-bond donors (Lipinski definition) is 0. The average molecular weight is 201 g/mol. The van der Waals surface area contributed by atoms with Gasteiger partial charge in [0.1, 0.15) is 0 Å². The van der Waals surface area contributed by atoms with Crippen LogP contribution in [0.4, 0.5) is 8.78 Å². The van der Waals surface area contributed by atoms with Crippen molar-refractivity contribution in [1.29, 1.82) is 0 Å². The Hall–Kier alpha value is -1.52. The van der Waals surface area contributed by atoms with Gasteiger partial charge in [0.2, 0.25) is 6.54 Å². The smallest absolute Gasteiger partial charge is 0.204 e. The zero-order chi connectivity index (χ0) is 10.6. The molecule has 5 heteroatoms. The van der Waals surface area contributed by atoms with Gasteiger partial charge in [-0.05, 0) is 24.1 Å². The summed E-state index contributed by atoms with van der Waals surface area (Å²) < 4.78 is 25.1. The standard InChI is InChI=1S/C9H9F2NO2/c10-8-4-3-7(6-9(8)11)2-1-5-12(13)14/h3-4,6H,1-2,5H2. The van der Waals surface area contributed by atoms with Gasteiger partial charge in [0.25, 0.3) is 0 Å². The predicted octanol–water partition coefficient (Wildman–Crippen LogP) is 2.17. The summed E-state index contributed by atoms with van der Waals surface area (Å²) in [4.78, 5) is 9.55. The Balaban J connectivity index is 2.51. The molecule has 1 aromatic rings. The van der Waals surface area contributed by atoms with Gasteiger partial charge in [-0.15, -0.1) is 0 Å². The Labute approximate surface area is 79.5 Å². The largest absolute Gasteiger partial charge is 0.265 e. The van der Waals surface area contributed by atoms with Crippen LogP contribution in [0.15, 0.2) is 18.2 Å². The van der Waals surface area contributed by atoms with E-state index in [1.165, 1.54) is 6.07 Å². The molecule has 0 unspecified atom stereocenters. The molecule has 0 radical (unpaired) electrons. The fourth-order valence-corrected chi connectivity index (χ4v) is 1.11. The number of hydrogen-bond acceptors (Lipinski definition) is 2. The highest BCUT2D eigenvalue weighted by molar-refractivity contribution is 5.17. The molecule has 1 aromatic carbocycles. The minimum atomic E-state index is -0.913.